The first-order valence-corrected chi connectivity index (χ1v) is 5.68. The molecule has 1 atom stereocenters. The predicted octanol–water partition coefficient (Wildman–Crippen LogP) is 1.80. The van der Waals surface area contributed by atoms with Gasteiger partial charge in [0.1, 0.15) is 0 Å². The van der Waals surface area contributed by atoms with Gasteiger partial charge in [0.2, 0.25) is 0 Å². The second kappa shape index (κ2) is 5.86. The molecule has 4 nitrogen and oxygen atoms in total. The predicted molar refractivity (Wildman–Crippen MR) is 67.4 cm³/mol. The molecule has 0 fully saturated rings. The molecule has 1 aromatic carbocycles. The van der Waals surface area contributed by atoms with Crippen molar-refractivity contribution >= 4 is 27.5 Å². The van der Waals surface area contributed by atoms with Crippen molar-refractivity contribution in [3.05, 3.63) is 28.2 Å². The lowest BCUT2D eigenvalue weighted by atomic mass is 10.1. The molecule has 0 heterocycles. The zero-order valence-corrected chi connectivity index (χ0v) is 10.9. The largest absolute Gasteiger partial charge is 0.398 e. The third kappa shape index (κ3) is 3.50. The van der Waals surface area contributed by atoms with Crippen LogP contribution in [0.4, 0.5) is 5.69 Å². The van der Waals surface area contributed by atoms with Crippen LogP contribution in [0.5, 0.6) is 0 Å². The molecule has 1 aromatic rings. The summed E-state index contributed by atoms with van der Waals surface area (Å²) >= 11 is 3.30. The van der Waals surface area contributed by atoms with E-state index in [0.29, 0.717) is 17.9 Å². The van der Waals surface area contributed by atoms with Crippen molar-refractivity contribution < 1.29 is 9.53 Å². The van der Waals surface area contributed by atoms with E-state index in [1.807, 2.05) is 6.92 Å². The van der Waals surface area contributed by atoms with Gasteiger partial charge in [-0.3, -0.25) is 4.79 Å². The van der Waals surface area contributed by atoms with Crippen LogP contribution in [0.25, 0.3) is 0 Å². The monoisotopic (exact) mass is 286 g/mol. The second-order valence-corrected chi connectivity index (χ2v) is 4.48. The summed E-state index contributed by atoms with van der Waals surface area (Å²) in [5.74, 6) is -0.191. The highest BCUT2D eigenvalue weighted by Crippen LogP contribution is 2.18. The molecule has 88 valence electrons. The maximum absolute atomic E-state index is 11.8. The Morgan fingerprint density at radius 3 is 2.94 bits per heavy atom. The number of carbonyl (C=O) groups is 1. The molecular formula is C11H15BrN2O2. The minimum Gasteiger partial charge on any atom is -0.398 e. The van der Waals surface area contributed by atoms with Crippen molar-refractivity contribution in [2.24, 2.45) is 0 Å². The Bertz CT molecular complexity index is 382. The normalized spacial score (nSPS) is 12.2. The van der Waals surface area contributed by atoms with Gasteiger partial charge in [-0.2, -0.15) is 0 Å². The van der Waals surface area contributed by atoms with Crippen molar-refractivity contribution in [1.29, 1.82) is 0 Å². The molecule has 1 rings (SSSR count). The summed E-state index contributed by atoms with van der Waals surface area (Å²) in [5.41, 5.74) is 6.66. The molecule has 0 saturated carbocycles. The van der Waals surface area contributed by atoms with Gasteiger partial charge in [-0.1, -0.05) is 15.9 Å². The minimum atomic E-state index is -0.191. The first-order valence-electron chi connectivity index (χ1n) is 4.89. The van der Waals surface area contributed by atoms with Crippen LogP contribution in [0.2, 0.25) is 0 Å². The molecule has 0 bridgehead atoms. The van der Waals surface area contributed by atoms with Gasteiger partial charge in [-0.25, -0.2) is 0 Å². The fourth-order valence-electron chi connectivity index (χ4n) is 1.32. The third-order valence-corrected chi connectivity index (χ3v) is 2.55. The van der Waals surface area contributed by atoms with Gasteiger partial charge in [0, 0.05) is 23.3 Å². The summed E-state index contributed by atoms with van der Waals surface area (Å²) in [4.78, 5) is 11.8. The Kier molecular flexibility index (Phi) is 4.76. The summed E-state index contributed by atoms with van der Waals surface area (Å²) in [5, 5.41) is 2.80. The molecule has 1 amide bonds. The first kappa shape index (κ1) is 13.0. The minimum absolute atomic E-state index is 0.0455. The summed E-state index contributed by atoms with van der Waals surface area (Å²) in [6.45, 7) is 2.34. The Labute approximate surface area is 103 Å². The number of carbonyl (C=O) groups excluding carboxylic acids is 1. The Morgan fingerprint density at radius 2 is 2.31 bits per heavy atom. The van der Waals surface area contributed by atoms with Crippen LogP contribution < -0.4 is 11.1 Å². The smallest absolute Gasteiger partial charge is 0.253 e. The number of ether oxygens (including phenoxy) is 1. The van der Waals surface area contributed by atoms with Crippen molar-refractivity contribution in [1.82, 2.24) is 5.32 Å². The van der Waals surface area contributed by atoms with E-state index in [2.05, 4.69) is 21.2 Å². The van der Waals surface area contributed by atoms with E-state index in [-0.39, 0.29) is 11.9 Å². The number of nitrogen functional groups attached to an aromatic ring is 1. The van der Waals surface area contributed by atoms with E-state index < -0.39 is 0 Å². The van der Waals surface area contributed by atoms with Crippen molar-refractivity contribution in [2.75, 3.05) is 19.5 Å². The standard InChI is InChI=1S/C11H15BrN2O2/c1-7(6-16-2)14-11(15)9-5-8(12)3-4-10(9)13/h3-5,7H,6,13H2,1-2H3,(H,14,15). The number of nitrogens with one attached hydrogen (secondary N) is 1. The molecule has 0 aliphatic heterocycles. The van der Waals surface area contributed by atoms with Crippen LogP contribution in [0.15, 0.2) is 22.7 Å². The number of hydrogen-bond acceptors (Lipinski definition) is 3. The maximum atomic E-state index is 11.8. The molecule has 16 heavy (non-hydrogen) atoms. The SMILES string of the molecule is COCC(C)NC(=O)c1cc(Br)ccc1N. The molecule has 0 aliphatic carbocycles. The zero-order valence-electron chi connectivity index (χ0n) is 9.29. The van der Waals surface area contributed by atoms with E-state index in [9.17, 15) is 4.79 Å². The number of anilines is 1. The Balaban J connectivity index is 2.76. The fourth-order valence-corrected chi connectivity index (χ4v) is 1.68. The molecule has 5 heteroatoms. The first-order chi connectivity index (χ1) is 7.54. The zero-order chi connectivity index (χ0) is 12.1. The molecule has 3 N–H and O–H groups in total. The van der Waals surface area contributed by atoms with Crippen LogP contribution >= 0.6 is 15.9 Å². The van der Waals surface area contributed by atoms with Crippen LogP contribution in [-0.4, -0.2) is 25.7 Å². The molecular weight excluding hydrogens is 272 g/mol. The van der Waals surface area contributed by atoms with Gasteiger partial charge < -0.3 is 15.8 Å². The van der Waals surface area contributed by atoms with E-state index in [4.69, 9.17) is 10.5 Å². The number of hydrogen-bond donors (Lipinski definition) is 2. The molecule has 1 unspecified atom stereocenters. The van der Waals surface area contributed by atoms with E-state index in [1.165, 1.54) is 0 Å². The van der Waals surface area contributed by atoms with Crippen LogP contribution in [0.1, 0.15) is 17.3 Å². The molecule has 0 radical (unpaired) electrons. The summed E-state index contributed by atoms with van der Waals surface area (Å²) < 4.78 is 5.76. The molecule has 0 saturated heterocycles. The van der Waals surface area contributed by atoms with Crippen molar-refractivity contribution in [3.63, 3.8) is 0 Å². The average molecular weight is 287 g/mol. The Hall–Kier alpha value is -1.07. The summed E-state index contributed by atoms with van der Waals surface area (Å²) in [6.07, 6.45) is 0. The number of amides is 1. The number of halogens is 1. The van der Waals surface area contributed by atoms with Gasteiger partial charge >= 0.3 is 0 Å². The second-order valence-electron chi connectivity index (χ2n) is 3.56. The van der Waals surface area contributed by atoms with Gasteiger partial charge in [-0.15, -0.1) is 0 Å². The molecule has 0 aliphatic rings. The third-order valence-electron chi connectivity index (χ3n) is 2.05. The number of rotatable bonds is 4. The van der Waals surface area contributed by atoms with Gasteiger partial charge in [0.25, 0.3) is 5.91 Å². The molecule has 0 aromatic heterocycles. The van der Waals surface area contributed by atoms with E-state index in [0.717, 1.165) is 4.47 Å². The number of nitrogens with two attached hydrogens (primary N) is 1. The quantitative estimate of drug-likeness (QED) is 0.830. The highest BCUT2D eigenvalue weighted by atomic mass is 79.9. The summed E-state index contributed by atoms with van der Waals surface area (Å²) in [7, 11) is 1.59. The van der Waals surface area contributed by atoms with Crippen LogP contribution in [-0.2, 0) is 4.74 Å². The van der Waals surface area contributed by atoms with E-state index >= 15 is 0 Å². The lowest BCUT2D eigenvalue weighted by molar-refractivity contribution is 0.0906. The van der Waals surface area contributed by atoms with Crippen LogP contribution in [0.3, 0.4) is 0 Å². The van der Waals surface area contributed by atoms with Gasteiger partial charge in [0.05, 0.1) is 12.2 Å². The number of methoxy groups -OCH3 is 1. The Morgan fingerprint density at radius 1 is 1.62 bits per heavy atom. The number of benzene rings is 1. The van der Waals surface area contributed by atoms with E-state index in [1.54, 1.807) is 25.3 Å². The lowest BCUT2D eigenvalue weighted by Crippen LogP contribution is -2.35. The summed E-state index contributed by atoms with van der Waals surface area (Å²) in [6, 6.07) is 5.14. The fraction of sp³-hybridized carbons (Fsp3) is 0.364. The highest BCUT2D eigenvalue weighted by Gasteiger charge is 2.12. The lowest BCUT2D eigenvalue weighted by Gasteiger charge is -2.13. The highest BCUT2D eigenvalue weighted by molar-refractivity contribution is 9.10. The van der Waals surface area contributed by atoms with Crippen molar-refractivity contribution in [2.45, 2.75) is 13.0 Å². The average Bonchev–Trinajstić information content (AvgIpc) is 2.21. The van der Waals surface area contributed by atoms with Gasteiger partial charge in [-0.05, 0) is 25.1 Å². The maximum Gasteiger partial charge on any atom is 0.253 e. The van der Waals surface area contributed by atoms with Gasteiger partial charge in [0.15, 0.2) is 0 Å². The molecule has 0 spiro atoms. The van der Waals surface area contributed by atoms with Crippen LogP contribution in [0, 0.1) is 0 Å². The topological polar surface area (TPSA) is 64.3 Å². The van der Waals surface area contributed by atoms with Crippen molar-refractivity contribution in [3.8, 4) is 0 Å².